The van der Waals surface area contributed by atoms with Gasteiger partial charge in [-0.25, -0.2) is 0 Å². The van der Waals surface area contributed by atoms with Gasteiger partial charge in [-0.1, -0.05) is 23.2 Å². The highest BCUT2D eigenvalue weighted by molar-refractivity contribution is 6.42. The summed E-state index contributed by atoms with van der Waals surface area (Å²) in [6.07, 6.45) is 1.60. The molecule has 1 aliphatic rings. The van der Waals surface area contributed by atoms with Gasteiger partial charge in [0, 0.05) is 24.7 Å². The van der Waals surface area contributed by atoms with Crippen molar-refractivity contribution in [2.24, 2.45) is 5.73 Å². The molecule has 0 aromatic heterocycles. The highest BCUT2D eigenvalue weighted by Crippen LogP contribution is 2.22. The van der Waals surface area contributed by atoms with Crippen molar-refractivity contribution in [3.63, 3.8) is 0 Å². The highest BCUT2D eigenvalue weighted by atomic mass is 35.5. The fourth-order valence-corrected chi connectivity index (χ4v) is 2.45. The van der Waals surface area contributed by atoms with Crippen molar-refractivity contribution in [1.82, 2.24) is 10.2 Å². The van der Waals surface area contributed by atoms with Gasteiger partial charge >= 0.3 is 0 Å². The van der Waals surface area contributed by atoms with E-state index in [1.807, 2.05) is 0 Å². The lowest BCUT2D eigenvalue weighted by Crippen LogP contribution is -2.46. The predicted molar refractivity (Wildman–Crippen MR) is 89.8 cm³/mol. The van der Waals surface area contributed by atoms with E-state index in [9.17, 15) is 9.59 Å². The largest absolute Gasteiger partial charge is 0.343 e. The fraction of sp³-hybridized carbons (Fsp3) is 0.429. The number of rotatable bonds is 3. The Kier molecular flexibility index (Phi) is 7.42. The molecule has 2 rings (SSSR count). The molecule has 1 heterocycles. The van der Waals surface area contributed by atoms with Gasteiger partial charge in [-0.2, -0.15) is 0 Å². The van der Waals surface area contributed by atoms with E-state index in [0.29, 0.717) is 28.7 Å². The molecular formula is C14H18Cl3N3O2. The monoisotopic (exact) mass is 365 g/mol. The Morgan fingerprint density at radius 3 is 2.45 bits per heavy atom. The molecule has 122 valence electrons. The molecule has 0 bridgehead atoms. The van der Waals surface area contributed by atoms with Gasteiger partial charge in [0.15, 0.2) is 0 Å². The van der Waals surface area contributed by atoms with Crippen LogP contribution in [0, 0.1) is 0 Å². The van der Waals surface area contributed by atoms with Crippen LogP contribution in [0.3, 0.4) is 0 Å². The highest BCUT2D eigenvalue weighted by Gasteiger charge is 2.20. The number of carbonyl (C=O) groups excluding carboxylic acids is 2. The third kappa shape index (κ3) is 5.02. The Hall–Kier alpha value is -1.01. The Morgan fingerprint density at radius 2 is 1.86 bits per heavy atom. The van der Waals surface area contributed by atoms with Crippen LogP contribution in [-0.2, 0) is 4.79 Å². The fourth-order valence-electron chi connectivity index (χ4n) is 2.16. The molecular weight excluding hydrogens is 349 g/mol. The van der Waals surface area contributed by atoms with Gasteiger partial charge in [-0.05, 0) is 31.0 Å². The molecule has 1 fully saturated rings. The lowest BCUT2D eigenvalue weighted by molar-refractivity contribution is -0.131. The first-order valence-electron chi connectivity index (χ1n) is 6.74. The molecule has 0 atom stereocenters. The number of nitrogens with zero attached hydrogens (tertiary/aromatic N) is 1. The number of piperidine rings is 1. The maximum absolute atomic E-state index is 12.0. The number of likely N-dealkylation sites (tertiary alicyclic amines) is 1. The van der Waals surface area contributed by atoms with E-state index in [1.54, 1.807) is 17.0 Å². The lowest BCUT2D eigenvalue weighted by atomic mass is 10.1. The minimum absolute atomic E-state index is 0. The van der Waals surface area contributed by atoms with Crippen molar-refractivity contribution in [1.29, 1.82) is 0 Å². The van der Waals surface area contributed by atoms with Crippen molar-refractivity contribution in [2.45, 2.75) is 18.9 Å². The van der Waals surface area contributed by atoms with Crippen LogP contribution in [0.25, 0.3) is 0 Å². The first kappa shape index (κ1) is 19.0. The maximum atomic E-state index is 12.0. The second kappa shape index (κ2) is 8.58. The zero-order chi connectivity index (χ0) is 15.4. The number of carbonyl (C=O) groups is 2. The van der Waals surface area contributed by atoms with Gasteiger partial charge in [0.05, 0.1) is 16.6 Å². The van der Waals surface area contributed by atoms with Crippen molar-refractivity contribution in [3.05, 3.63) is 33.8 Å². The van der Waals surface area contributed by atoms with Crippen LogP contribution in [0.5, 0.6) is 0 Å². The molecule has 1 saturated heterocycles. The van der Waals surface area contributed by atoms with Gasteiger partial charge in [-0.3, -0.25) is 9.59 Å². The van der Waals surface area contributed by atoms with E-state index in [4.69, 9.17) is 28.9 Å². The predicted octanol–water partition coefficient (Wildman–Crippen LogP) is 2.09. The average Bonchev–Trinajstić information content (AvgIpc) is 2.48. The molecule has 3 N–H and O–H groups in total. The summed E-state index contributed by atoms with van der Waals surface area (Å²) in [7, 11) is 0. The second-order valence-electron chi connectivity index (χ2n) is 5.03. The van der Waals surface area contributed by atoms with E-state index in [0.717, 1.165) is 12.8 Å². The van der Waals surface area contributed by atoms with Crippen molar-refractivity contribution >= 4 is 47.4 Å². The van der Waals surface area contributed by atoms with Crippen LogP contribution in [0.2, 0.25) is 10.0 Å². The molecule has 1 aliphatic heterocycles. The zero-order valence-corrected chi connectivity index (χ0v) is 14.2. The summed E-state index contributed by atoms with van der Waals surface area (Å²) < 4.78 is 0. The zero-order valence-electron chi connectivity index (χ0n) is 11.9. The molecule has 1 aromatic carbocycles. The lowest BCUT2D eigenvalue weighted by Gasteiger charge is -2.30. The number of nitrogens with one attached hydrogen (secondary N) is 1. The topological polar surface area (TPSA) is 75.4 Å². The minimum atomic E-state index is -0.351. The van der Waals surface area contributed by atoms with Crippen LogP contribution >= 0.6 is 35.6 Å². The molecule has 8 heteroatoms. The Bertz CT molecular complexity index is 546. The molecule has 0 radical (unpaired) electrons. The summed E-state index contributed by atoms with van der Waals surface area (Å²) in [4.78, 5) is 25.6. The number of halogens is 3. The molecule has 0 saturated carbocycles. The summed E-state index contributed by atoms with van der Waals surface area (Å²) >= 11 is 11.6. The molecule has 2 amide bonds. The average molecular weight is 367 g/mol. The molecule has 0 aliphatic carbocycles. The quantitative estimate of drug-likeness (QED) is 0.860. The van der Waals surface area contributed by atoms with Gasteiger partial charge < -0.3 is 16.0 Å². The van der Waals surface area contributed by atoms with Crippen LogP contribution in [0.4, 0.5) is 0 Å². The molecule has 22 heavy (non-hydrogen) atoms. The van der Waals surface area contributed by atoms with Crippen molar-refractivity contribution in [3.8, 4) is 0 Å². The van der Waals surface area contributed by atoms with Crippen molar-refractivity contribution in [2.75, 3.05) is 19.6 Å². The Morgan fingerprint density at radius 1 is 1.23 bits per heavy atom. The first-order valence-corrected chi connectivity index (χ1v) is 7.49. The van der Waals surface area contributed by atoms with Gasteiger partial charge in [0.25, 0.3) is 5.91 Å². The molecule has 5 nitrogen and oxygen atoms in total. The standard InChI is InChI=1S/C14H17Cl2N3O2.ClH/c15-11-2-1-9(7-12(11)16)14(21)18-8-13(20)19-5-3-10(17)4-6-19;/h1-2,7,10H,3-6,8,17H2,(H,18,21);1H. The smallest absolute Gasteiger partial charge is 0.251 e. The summed E-state index contributed by atoms with van der Waals surface area (Å²) in [6.45, 7) is 1.25. The van der Waals surface area contributed by atoms with E-state index < -0.39 is 0 Å². The summed E-state index contributed by atoms with van der Waals surface area (Å²) in [5.41, 5.74) is 6.16. The third-order valence-electron chi connectivity index (χ3n) is 3.47. The molecule has 1 aromatic rings. The number of amides is 2. The van der Waals surface area contributed by atoms with Crippen molar-refractivity contribution < 1.29 is 9.59 Å². The Balaban J connectivity index is 0.00000242. The Labute approximate surface area is 145 Å². The van der Waals surface area contributed by atoms with Crippen LogP contribution in [0.1, 0.15) is 23.2 Å². The van der Waals surface area contributed by atoms with E-state index in [1.165, 1.54) is 6.07 Å². The van der Waals surface area contributed by atoms with E-state index in [-0.39, 0.29) is 36.8 Å². The number of hydrogen-bond donors (Lipinski definition) is 2. The number of hydrogen-bond acceptors (Lipinski definition) is 3. The SMILES string of the molecule is Cl.NC1CCN(C(=O)CNC(=O)c2ccc(Cl)c(Cl)c2)CC1. The summed E-state index contributed by atoms with van der Waals surface area (Å²) in [5.74, 6) is -0.453. The number of nitrogens with two attached hydrogens (primary N) is 1. The van der Waals surface area contributed by atoms with E-state index >= 15 is 0 Å². The second-order valence-corrected chi connectivity index (χ2v) is 5.84. The summed E-state index contributed by atoms with van der Waals surface area (Å²) in [6, 6.07) is 4.75. The van der Waals surface area contributed by atoms with Gasteiger partial charge in [0.2, 0.25) is 5.91 Å². The first-order chi connectivity index (χ1) is 9.97. The normalized spacial score (nSPS) is 15.1. The van der Waals surface area contributed by atoms with Crippen LogP contribution in [0.15, 0.2) is 18.2 Å². The van der Waals surface area contributed by atoms with Gasteiger partial charge in [-0.15, -0.1) is 12.4 Å². The minimum Gasteiger partial charge on any atom is -0.343 e. The molecule has 0 unspecified atom stereocenters. The maximum Gasteiger partial charge on any atom is 0.251 e. The van der Waals surface area contributed by atoms with Crippen LogP contribution < -0.4 is 11.1 Å². The number of benzene rings is 1. The summed E-state index contributed by atoms with van der Waals surface area (Å²) in [5, 5.41) is 3.28. The van der Waals surface area contributed by atoms with Crippen LogP contribution in [-0.4, -0.2) is 42.4 Å². The third-order valence-corrected chi connectivity index (χ3v) is 4.21. The molecule has 0 spiro atoms. The van der Waals surface area contributed by atoms with E-state index in [2.05, 4.69) is 5.32 Å². The van der Waals surface area contributed by atoms with Gasteiger partial charge in [0.1, 0.15) is 0 Å².